The first-order valence-electron chi connectivity index (χ1n) is 5.53. The summed E-state index contributed by atoms with van der Waals surface area (Å²) in [4.78, 5) is 0. The summed E-state index contributed by atoms with van der Waals surface area (Å²) in [7, 11) is 0. The lowest BCUT2D eigenvalue weighted by atomic mass is 10.1. The fraction of sp³-hybridized carbons (Fsp3) is 1.00. The maximum Gasteiger partial charge on any atom is 0.0665 e. The first kappa shape index (κ1) is 1.25. The zero-order valence-electron chi connectivity index (χ0n) is 10.6. The van der Waals surface area contributed by atoms with E-state index in [-0.39, 0.29) is 0 Å². The van der Waals surface area contributed by atoms with E-state index in [1.165, 1.54) is 0 Å². The molecule has 2 nitrogen and oxygen atoms in total. The highest BCUT2D eigenvalue weighted by Crippen LogP contribution is 1.98. The van der Waals surface area contributed by atoms with Crippen LogP contribution in [0.3, 0.4) is 0 Å². The van der Waals surface area contributed by atoms with Crippen molar-refractivity contribution in [1.29, 1.82) is 0 Å². The molecule has 0 saturated carbocycles. The van der Waals surface area contributed by atoms with Crippen molar-refractivity contribution in [3.8, 4) is 0 Å². The van der Waals surface area contributed by atoms with Gasteiger partial charge in [0.05, 0.1) is 7.45 Å². The molecule has 0 aromatic carbocycles. The van der Waals surface area contributed by atoms with Crippen LogP contribution in [0.4, 0.5) is 0 Å². The summed E-state index contributed by atoms with van der Waals surface area (Å²) in [6.07, 6.45) is -7.41. The highest BCUT2D eigenvalue weighted by atomic mass is 16.3. The van der Waals surface area contributed by atoms with E-state index in [2.05, 4.69) is 0 Å². The first-order chi connectivity index (χ1) is 6.03. The van der Waals surface area contributed by atoms with Crippen molar-refractivity contribution in [2.75, 3.05) is 13.0 Å². The molecule has 0 aromatic heterocycles. The smallest absolute Gasteiger partial charge is 0.0665 e. The van der Waals surface area contributed by atoms with E-state index in [4.69, 9.17) is 9.60 Å². The Balaban J connectivity index is 3.10. The number of aliphatic hydroxyl groups is 1. The summed E-state index contributed by atoms with van der Waals surface area (Å²) in [5, 5.41) is 11.1. The monoisotopic (exact) mass is 108 g/mol. The minimum Gasteiger partial charge on any atom is -0.392 e. The second-order valence-corrected chi connectivity index (χ2v) is 1.13. The molecular formula is C5H11NO. The number of β-amino-alcohol motifs (C(OH)–C–C–N with tert-alkyl or cyclic N) is 1. The fourth-order valence-electron chi connectivity index (χ4n) is 0.303. The van der Waals surface area contributed by atoms with Crippen molar-refractivity contribution in [2.24, 2.45) is 0 Å². The summed E-state index contributed by atoms with van der Waals surface area (Å²) in [6.45, 7) is -4.34. The van der Waals surface area contributed by atoms with Gasteiger partial charge in [-0.15, -0.1) is 0 Å². The average Bonchev–Trinajstić information content (AvgIpc) is 1.99. The molecule has 2 N–H and O–H groups in total. The summed E-state index contributed by atoms with van der Waals surface area (Å²) >= 11 is 0. The van der Waals surface area contributed by atoms with Crippen molar-refractivity contribution in [2.45, 2.75) is 18.8 Å². The van der Waals surface area contributed by atoms with E-state index in [0.717, 1.165) is 0 Å². The van der Waals surface area contributed by atoms with Crippen LogP contribution in [0.2, 0.25) is 0 Å². The van der Waals surface area contributed by atoms with E-state index in [9.17, 15) is 5.11 Å². The number of hydrogen-bond acceptors (Lipinski definition) is 2. The van der Waals surface area contributed by atoms with Crippen LogP contribution in [0.25, 0.3) is 0 Å². The predicted octanol–water partition coefficient (Wildman–Crippen LogP) is -0.269. The van der Waals surface area contributed by atoms with Crippen LogP contribution in [-0.2, 0) is 0 Å². The lowest BCUT2D eigenvalue weighted by Crippen LogP contribution is -2.33. The summed E-state index contributed by atoms with van der Waals surface area (Å²) in [5.41, 5.74) is 0. The summed E-state index contributed by atoms with van der Waals surface area (Å²) < 4.78 is 50.5. The van der Waals surface area contributed by atoms with Crippen LogP contribution in [-0.4, -0.2) is 24.2 Å². The second kappa shape index (κ2) is 2.28. The Labute approximate surface area is 53.4 Å². The van der Waals surface area contributed by atoms with Gasteiger partial charge in [0.15, 0.2) is 0 Å². The summed E-state index contributed by atoms with van der Waals surface area (Å²) in [6, 6.07) is 0. The van der Waals surface area contributed by atoms with E-state index in [1.54, 1.807) is 0 Å². The Morgan fingerprint density at radius 3 is 3.71 bits per heavy atom. The van der Waals surface area contributed by atoms with E-state index >= 15 is 0 Å². The minimum absolute atomic E-state index is 1.75. The Kier molecular flexibility index (Phi) is 0.408. The molecule has 42 valence electrons. The number of piperidine rings is 1. The van der Waals surface area contributed by atoms with Gasteiger partial charge in [-0.25, -0.2) is 0 Å². The molecule has 1 aliphatic rings. The van der Waals surface area contributed by atoms with Gasteiger partial charge >= 0.3 is 0 Å². The first-order valence-corrected chi connectivity index (χ1v) is 1.88. The number of rotatable bonds is 0. The van der Waals surface area contributed by atoms with Gasteiger partial charge in [-0.2, -0.15) is 0 Å². The quantitative estimate of drug-likeness (QED) is 0.448. The number of nitrogens with one attached hydrogen (secondary N) is 1. The molecule has 0 radical (unpaired) electrons. The Hall–Kier alpha value is -0.0800. The Bertz CT molecular complexity index is 240. The zero-order valence-corrected chi connectivity index (χ0v) is 3.60. The van der Waals surface area contributed by atoms with Crippen LogP contribution >= 0.6 is 0 Å². The highest BCUT2D eigenvalue weighted by molar-refractivity contribution is 4.65. The third-order valence-corrected chi connectivity index (χ3v) is 0.584. The SMILES string of the molecule is [2H]C1NC([2H])([2H])C([2H])([2H])C([2H])C1([2H])O. The third-order valence-electron chi connectivity index (χ3n) is 0.584. The molecule has 3 atom stereocenters. The summed E-state index contributed by atoms with van der Waals surface area (Å²) in [5.74, 6) is 0. The van der Waals surface area contributed by atoms with Crippen LogP contribution in [0.1, 0.15) is 22.4 Å². The van der Waals surface area contributed by atoms with E-state index in [1.807, 2.05) is 5.32 Å². The van der Waals surface area contributed by atoms with Gasteiger partial charge in [-0.05, 0) is 19.3 Å². The molecule has 1 aliphatic heterocycles. The van der Waals surface area contributed by atoms with Gasteiger partial charge in [0.1, 0.15) is 0 Å². The average molecular weight is 108 g/mol. The molecule has 0 amide bonds. The van der Waals surface area contributed by atoms with E-state index < -0.39 is 31.9 Å². The van der Waals surface area contributed by atoms with Crippen molar-refractivity contribution in [1.82, 2.24) is 5.32 Å². The molecule has 1 saturated heterocycles. The molecule has 0 bridgehead atoms. The van der Waals surface area contributed by atoms with Crippen LogP contribution in [0.15, 0.2) is 0 Å². The molecule has 1 fully saturated rings. The molecule has 2 heteroatoms. The molecule has 0 spiro atoms. The Morgan fingerprint density at radius 1 is 2.00 bits per heavy atom. The van der Waals surface area contributed by atoms with Gasteiger partial charge in [0.2, 0.25) is 0 Å². The Morgan fingerprint density at radius 2 is 2.86 bits per heavy atom. The molecular weight excluding hydrogens is 90.1 g/mol. The van der Waals surface area contributed by atoms with Crippen LogP contribution < -0.4 is 5.32 Å². The standard InChI is InChI=1S/C5H11NO/c7-5-2-1-3-6-4-5/h5-7H,1-4H2/i1D2,2D,3D2,4D,5D. The normalized spacial score (nSPS) is 93.6. The lowest BCUT2D eigenvalue weighted by molar-refractivity contribution is 0.142. The largest absolute Gasteiger partial charge is 0.392 e. The maximum atomic E-state index is 9.30. The zero-order chi connectivity index (χ0) is 11.4. The van der Waals surface area contributed by atoms with Gasteiger partial charge in [-0.1, -0.05) is 0 Å². The van der Waals surface area contributed by atoms with Gasteiger partial charge in [0.25, 0.3) is 0 Å². The van der Waals surface area contributed by atoms with Crippen LogP contribution in [0, 0.1) is 0 Å². The van der Waals surface area contributed by atoms with E-state index in [0.29, 0.717) is 0 Å². The predicted molar refractivity (Wildman–Crippen MR) is 28.1 cm³/mol. The van der Waals surface area contributed by atoms with Crippen molar-refractivity contribution in [3.05, 3.63) is 0 Å². The van der Waals surface area contributed by atoms with Crippen molar-refractivity contribution < 1.29 is 14.7 Å². The van der Waals surface area contributed by atoms with Gasteiger partial charge in [-0.3, -0.25) is 0 Å². The second-order valence-electron chi connectivity index (χ2n) is 1.13. The van der Waals surface area contributed by atoms with Gasteiger partial charge < -0.3 is 10.4 Å². The fourth-order valence-corrected chi connectivity index (χ4v) is 0.303. The van der Waals surface area contributed by atoms with Crippen molar-refractivity contribution >= 4 is 0 Å². The molecule has 0 aromatic rings. The minimum atomic E-state index is -2.72. The van der Waals surface area contributed by atoms with Gasteiger partial charge in [0, 0.05) is 14.7 Å². The molecule has 3 unspecified atom stereocenters. The number of hydrogen-bond donors (Lipinski definition) is 2. The maximum absolute atomic E-state index is 9.30. The van der Waals surface area contributed by atoms with Crippen molar-refractivity contribution in [3.63, 3.8) is 0 Å². The molecule has 1 heterocycles. The lowest BCUT2D eigenvalue weighted by Gasteiger charge is -2.16. The highest BCUT2D eigenvalue weighted by Gasteiger charge is 2.06. The molecule has 0 aliphatic carbocycles. The topological polar surface area (TPSA) is 32.3 Å². The molecule has 1 rings (SSSR count). The third kappa shape index (κ3) is 1.45. The molecule has 7 heavy (non-hydrogen) atoms. The van der Waals surface area contributed by atoms with Crippen LogP contribution in [0.5, 0.6) is 0 Å².